The number of hydrogen-bond donors (Lipinski definition) is 2. The van der Waals surface area contributed by atoms with E-state index in [0.29, 0.717) is 11.1 Å². The Hall–Kier alpha value is -4.72. The minimum absolute atomic E-state index is 0.225. The Morgan fingerprint density at radius 1 is 0.690 bits per heavy atom. The van der Waals surface area contributed by atoms with Gasteiger partial charge < -0.3 is 19.4 Å². The second-order valence-corrected chi connectivity index (χ2v) is 10.8. The van der Waals surface area contributed by atoms with Gasteiger partial charge in [-0.3, -0.25) is 0 Å². The third-order valence-electron chi connectivity index (χ3n) is 8.60. The number of aryl methyl sites for hydroxylation is 4. The molecule has 0 unspecified atom stereocenters. The van der Waals surface area contributed by atoms with E-state index < -0.39 is 11.9 Å². The predicted octanol–water partition coefficient (Wildman–Crippen LogP) is 6.57. The molecule has 0 radical (unpaired) electrons. The Morgan fingerprint density at radius 2 is 1.12 bits per heavy atom. The summed E-state index contributed by atoms with van der Waals surface area (Å²) in [6, 6.07) is 8.28. The maximum Gasteiger partial charge on any atom is 0.334 e. The molecule has 8 nitrogen and oxygen atoms in total. The Kier molecular flexibility index (Phi) is 6.93. The zero-order valence-corrected chi connectivity index (χ0v) is 24.8. The fraction of sp³-hybridized carbons (Fsp3) is 0.294. The first-order valence-corrected chi connectivity index (χ1v) is 14.3. The number of nitrogens with zero attached hydrogens (tertiary/aromatic N) is 2. The van der Waals surface area contributed by atoms with E-state index in [1.54, 1.807) is 0 Å². The van der Waals surface area contributed by atoms with Crippen LogP contribution in [0.4, 0.5) is 0 Å². The van der Waals surface area contributed by atoms with Crippen molar-refractivity contribution < 1.29 is 19.1 Å². The van der Waals surface area contributed by atoms with Crippen LogP contribution in [-0.4, -0.2) is 46.1 Å². The standard InChI is InChI=1S/C34H34N4O4/c1-7-21-17(3)27-11-19-9-10-20(35-19)12-28-18(4)22(8-2)30(37-28)16-32-24-14-26(34(40)42-6)25(33(39)41-5)13-23(24)31(38-32)15-29(21)36-27/h9-12,15-16,36-37H,7-8,13-14H2,1-6H3. The lowest BCUT2D eigenvalue weighted by Gasteiger charge is -2.20. The molecule has 0 atom stereocenters. The van der Waals surface area contributed by atoms with E-state index in [2.05, 4.69) is 61.9 Å². The molecule has 3 aromatic heterocycles. The molecule has 214 valence electrons. The zero-order chi connectivity index (χ0) is 29.7. The van der Waals surface area contributed by atoms with Gasteiger partial charge in [-0.15, -0.1) is 0 Å². The molecule has 0 aromatic carbocycles. The molecule has 0 saturated carbocycles. The van der Waals surface area contributed by atoms with Crippen LogP contribution in [0.15, 0.2) is 35.4 Å². The van der Waals surface area contributed by atoms with Crippen LogP contribution in [0.2, 0.25) is 0 Å². The second kappa shape index (κ2) is 10.6. The molecule has 3 aromatic rings. The predicted molar refractivity (Wildman–Crippen MR) is 165 cm³/mol. The van der Waals surface area contributed by atoms with Gasteiger partial charge in [0.25, 0.3) is 0 Å². The SMILES string of the molecule is CCc1c(C)c2cc3nc(cc4[nH]c(cc5nc(cc1[nH]2)C1=C5CC(C(=O)OC)=C(C(=O)OC)C1)c(CC)c4C)C=C3. The molecule has 2 aliphatic heterocycles. The lowest BCUT2D eigenvalue weighted by molar-refractivity contribution is -0.139. The Balaban J connectivity index is 1.71. The van der Waals surface area contributed by atoms with Crippen LogP contribution in [0.5, 0.6) is 0 Å². The fourth-order valence-electron chi connectivity index (χ4n) is 6.34. The number of ether oxygens (including phenoxy) is 2. The molecule has 8 bridgehead atoms. The Labute approximate surface area is 244 Å². The maximum atomic E-state index is 12.9. The topological polar surface area (TPSA) is 110 Å². The number of rotatable bonds is 4. The van der Waals surface area contributed by atoms with Crippen LogP contribution in [0, 0.1) is 13.8 Å². The molecule has 0 fully saturated rings. The first-order valence-electron chi connectivity index (χ1n) is 14.3. The number of carbonyl (C=O) groups excluding carboxylic acids is 2. The van der Waals surface area contributed by atoms with Gasteiger partial charge in [0.1, 0.15) is 0 Å². The van der Waals surface area contributed by atoms with Gasteiger partial charge in [0.05, 0.1) is 48.1 Å². The highest BCUT2D eigenvalue weighted by molar-refractivity contribution is 6.09. The molecular formula is C34H34N4O4. The van der Waals surface area contributed by atoms with Crippen LogP contribution in [-0.2, 0) is 31.9 Å². The number of fused-ring (bicyclic) bond motifs is 10. The average molecular weight is 563 g/mol. The van der Waals surface area contributed by atoms with Gasteiger partial charge in [-0.05, 0) is 96.5 Å². The highest BCUT2D eigenvalue weighted by Gasteiger charge is 2.34. The highest BCUT2D eigenvalue weighted by Crippen LogP contribution is 2.44. The summed E-state index contributed by atoms with van der Waals surface area (Å²) >= 11 is 0. The van der Waals surface area contributed by atoms with Crippen molar-refractivity contribution in [2.75, 3.05) is 14.2 Å². The van der Waals surface area contributed by atoms with E-state index >= 15 is 0 Å². The van der Waals surface area contributed by atoms with Crippen LogP contribution in [0.3, 0.4) is 0 Å². The zero-order valence-electron chi connectivity index (χ0n) is 24.8. The summed E-state index contributed by atoms with van der Waals surface area (Å²) in [5.41, 5.74) is 14.4. The number of carbonyl (C=O) groups is 2. The summed E-state index contributed by atoms with van der Waals surface area (Å²) in [4.78, 5) is 42.9. The van der Waals surface area contributed by atoms with Crippen molar-refractivity contribution in [3.8, 4) is 0 Å². The summed E-state index contributed by atoms with van der Waals surface area (Å²) in [7, 11) is 2.65. The van der Waals surface area contributed by atoms with Crippen LogP contribution in [0.25, 0.3) is 45.4 Å². The molecule has 6 rings (SSSR count). The molecule has 2 N–H and O–H groups in total. The van der Waals surface area contributed by atoms with Gasteiger partial charge >= 0.3 is 11.9 Å². The third kappa shape index (κ3) is 4.47. The van der Waals surface area contributed by atoms with E-state index in [4.69, 9.17) is 19.4 Å². The second-order valence-electron chi connectivity index (χ2n) is 10.8. The Bertz CT molecular complexity index is 1800. The number of aromatic nitrogens is 4. The molecule has 8 heteroatoms. The normalized spacial score (nSPS) is 14.3. The van der Waals surface area contributed by atoms with Crippen molar-refractivity contribution in [3.05, 3.63) is 80.4 Å². The smallest absolute Gasteiger partial charge is 0.334 e. The van der Waals surface area contributed by atoms with E-state index in [0.717, 1.165) is 80.0 Å². The van der Waals surface area contributed by atoms with Crippen LogP contribution in [0.1, 0.15) is 71.7 Å². The summed E-state index contributed by atoms with van der Waals surface area (Å²) < 4.78 is 10.2. The lowest BCUT2D eigenvalue weighted by Crippen LogP contribution is -2.18. The summed E-state index contributed by atoms with van der Waals surface area (Å²) in [6.07, 6.45) is 6.19. The molecule has 3 aliphatic rings. The molecule has 0 saturated heterocycles. The van der Waals surface area contributed by atoms with Crippen molar-refractivity contribution in [1.29, 1.82) is 0 Å². The molecular weight excluding hydrogens is 528 g/mol. The minimum atomic E-state index is -0.534. The Morgan fingerprint density at radius 3 is 1.50 bits per heavy atom. The van der Waals surface area contributed by atoms with Crippen molar-refractivity contribution in [2.24, 2.45) is 0 Å². The molecule has 0 spiro atoms. The van der Waals surface area contributed by atoms with E-state index in [-0.39, 0.29) is 12.8 Å². The number of hydrogen-bond acceptors (Lipinski definition) is 6. The number of methoxy groups -OCH3 is 2. The van der Waals surface area contributed by atoms with E-state index in [1.165, 1.54) is 25.3 Å². The van der Waals surface area contributed by atoms with Crippen LogP contribution < -0.4 is 0 Å². The number of allylic oxidation sites excluding steroid dienone is 2. The number of H-pyrrole nitrogens is 2. The van der Waals surface area contributed by atoms with Gasteiger partial charge in [-0.2, -0.15) is 0 Å². The van der Waals surface area contributed by atoms with E-state index in [9.17, 15) is 9.59 Å². The molecule has 42 heavy (non-hydrogen) atoms. The monoisotopic (exact) mass is 562 g/mol. The van der Waals surface area contributed by atoms with Gasteiger partial charge in [0.2, 0.25) is 0 Å². The fourth-order valence-corrected chi connectivity index (χ4v) is 6.34. The largest absolute Gasteiger partial charge is 0.466 e. The van der Waals surface area contributed by atoms with Gasteiger partial charge in [0, 0.05) is 34.9 Å². The number of esters is 2. The number of nitrogens with one attached hydrogen (secondary N) is 2. The van der Waals surface area contributed by atoms with Crippen molar-refractivity contribution in [2.45, 2.75) is 53.4 Å². The van der Waals surface area contributed by atoms with Gasteiger partial charge in [-0.25, -0.2) is 19.6 Å². The molecule has 0 amide bonds. The van der Waals surface area contributed by atoms with E-state index in [1.807, 2.05) is 12.2 Å². The summed E-state index contributed by atoms with van der Waals surface area (Å²) in [5, 5.41) is 0. The van der Waals surface area contributed by atoms with Gasteiger partial charge in [-0.1, -0.05) is 13.8 Å². The third-order valence-corrected chi connectivity index (χ3v) is 8.60. The van der Waals surface area contributed by atoms with Crippen molar-refractivity contribution >= 4 is 57.3 Å². The van der Waals surface area contributed by atoms with Crippen LogP contribution >= 0.6 is 0 Å². The number of aromatic amines is 2. The summed E-state index contributed by atoms with van der Waals surface area (Å²) in [6.45, 7) is 8.51. The first kappa shape index (κ1) is 27.4. The first-order chi connectivity index (χ1) is 20.3. The molecule has 1 aliphatic carbocycles. The quantitative estimate of drug-likeness (QED) is 0.272. The highest BCUT2D eigenvalue weighted by atomic mass is 16.5. The molecule has 5 heterocycles. The minimum Gasteiger partial charge on any atom is -0.466 e. The van der Waals surface area contributed by atoms with Gasteiger partial charge in [0.15, 0.2) is 0 Å². The summed E-state index contributed by atoms with van der Waals surface area (Å²) in [5.74, 6) is -1.07. The lowest BCUT2D eigenvalue weighted by atomic mass is 9.84. The van der Waals surface area contributed by atoms with Crippen molar-refractivity contribution in [3.63, 3.8) is 0 Å². The van der Waals surface area contributed by atoms with Crippen molar-refractivity contribution in [1.82, 2.24) is 19.9 Å². The maximum absolute atomic E-state index is 12.9. The average Bonchev–Trinajstić information content (AvgIpc) is 3.72.